The highest BCUT2D eigenvalue weighted by Crippen LogP contribution is 2.18. The third-order valence-electron chi connectivity index (χ3n) is 4.07. The molecule has 0 spiro atoms. The average Bonchev–Trinajstić information content (AvgIpc) is 2.74. The Bertz CT molecular complexity index is 980. The molecule has 28 heavy (non-hydrogen) atoms. The topological polar surface area (TPSA) is 107 Å². The predicted molar refractivity (Wildman–Crippen MR) is 110 cm³/mol. The molecule has 0 aliphatic carbocycles. The van der Waals surface area contributed by atoms with E-state index in [-0.39, 0.29) is 18.1 Å². The summed E-state index contributed by atoms with van der Waals surface area (Å²) in [5.41, 5.74) is 16.2. The molecule has 1 heterocycles. The van der Waals surface area contributed by atoms with Crippen molar-refractivity contribution in [2.24, 2.45) is 11.5 Å². The van der Waals surface area contributed by atoms with Crippen molar-refractivity contribution in [1.29, 1.82) is 0 Å². The van der Waals surface area contributed by atoms with Crippen LogP contribution >= 0.6 is 0 Å². The van der Waals surface area contributed by atoms with E-state index in [1.54, 1.807) is 24.5 Å². The molecule has 6 nitrogen and oxygen atoms in total. The first kappa shape index (κ1) is 18.8. The van der Waals surface area contributed by atoms with E-state index in [0.717, 1.165) is 22.3 Å². The Balaban J connectivity index is 1.57. The van der Waals surface area contributed by atoms with E-state index in [1.807, 2.05) is 60.7 Å². The second kappa shape index (κ2) is 9.14. The van der Waals surface area contributed by atoms with Crippen LogP contribution < -0.4 is 16.8 Å². The zero-order chi connectivity index (χ0) is 19.8. The van der Waals surface area contributed by atoms with Gasteiger partial charge in [-0.15, -0.1) is 0 Å². The largest absolute Gasteiger partial charge is 0.398 e. The SMILES string of the molecule is N/C(=C\C=C(/N)NC(=O)Cc1ccc(-c2ccnnc2)cc1)c1ccccc1. The Morgan fingerprint density at radius 1 is 0.893 bits per heavy atom. The number of hydrogen-bond donors (Lipinski definition) is 3. The molecule has 140 valence electrons. The van der Waals surface area contributed by atoms with E-state index in [1.165, 1.54) is 0 Å². The van der Waals surface area contributed by atoms with E-state index in [4.69, 9.17) is 11.5 Å². The van der Waals surface area contributed by atoms with Crippen LogP contribution in [0.5, 0.6) is 0 Å². The van der Waals surface area contributed by atoms with Crippen LogP contribution in [0, 0.1) is 0 Å². The van der Waals surface area contributed by atoms with Crippen molar-refractivity contribution in [3.63, 3.8) is 0 Å². The number of aromatic nitrogens is 2. The molecule has 0 unspecified atom stereocenters. The molecule has 0 atom stereocenters. The van der Waals surface area contributed by atoms with Crippen LogP contribution in [0.15, 0.2) is 91.0 Å². The van der Waals surface area contributed by atoms with Gasteiger partial charge in [0, 0.05) is 11.3 Å². The van der Waals surface area contributed by atoms with Crippen LogP contribution in [0.3, 0.4) is 0 Å². The fraction of sp³-hybridized carbons (Fsp3) is 0.0455. The van der Waals surface area contributed by atoms with Crippen LogP contribution in [0.2, 0.25) is 0 Å². The van der Waals surface area contributed by atoms with Gasteiger partial charge in [0.1, 0.15) is 5.82 Å². The number of benzene rings is 2. The fourth-order valence-corrected chi connectivity index (χ4v) is 2.62. The number of carbonyl (C=O) groups excluding carboxylic acids is 1. The minimum absolute atomic E-state index is 0.196. The molecule has 5 N–H and O–H groups in total. The maximum Gasteiger partial charge on any atom is 0.229 e. The molecular weight excluding hydrogens is 350 g/mol. The van der Waals surface area contributed by atoms with E-state index in [2.05, 4.69) is 15.5 Å². The van der Waals surface area contributed by atoms with Crippen LogP contribution in [0.1, 0.15) is 11.1 Å². The molecule has 0 fully saturated rings. The summed E-state index contributed by atoms with van der Waals surface area (Å²) in [6.45, 7) is 0. The lowest BCUT2D eigenvalue weighted by Crippen LogP contribution is -2.28. The van der Waals surface area contributed by atoms with Gasteiger partial charge in [-0.25, -0.2) is 0 Å². The molecule has 0 saturated carbocycles. The maximum atomic E-state index is 12.2. The zero-order valence-corrected chi connectivity index (χ0v) is 15.2. The smallest absolute Gasteiger partial charge is 0.229 e. The Kier molecular flexibility index (Phi) is 6.15. The second-order valence-corrected chi connectivity index (χ2v) is 6.16. The normalized spacial score (nSPS) is 11.9. The Morgan fingerprint density at radius 2 is 1.64 bits per heavy atom. The lowest BCUT2D eigenvalue weighted by Gasteiger charge is -2.06. The minimum atomic E-state index is -0.196. The first-order valence-electron chi connectivity index (χ1n) is 8.76. The van der Waals surface area contributed by atoms with Crippen LogP contribution in [0.4, 0.5) is 0 Å². The zero-order valence-electron chi connectivity index (χ0n) is 15.2. The Labute approximate surface area is 163 Å². The van der Waals surface area contributed by atoms with Gasteiger partial charge < -0.3 is 16.8 Å². The number of carbonyl (C=O) groups is 1. The monoisotopic (exact) mass is 371 g/mol. The lowest BCUT2D eigenvalue weighted by molar-refractivity contribution is -0.119. The van der Waals surface area contributed by atoms with E-state index >= 15 is 0 Å². The Hall–Kier alpha value is -3.93. The van der Waals surface area contributed by atoms with Gasteiger partial charge in [0.2, 0.25) is 5.91 Å². The van der Waals surface area contributed by atoms with Crippen molar-refractivity contribution in [3.8, 4) is 11.1 Å². The summed E-state index contributed by atoms with van der Waals surface area (Å²) in [7, 11) is 0. The van der Waals surface area contributed by atoms with Gasteiger partial charge in [0.25, 0.3) is 0 Å². The van der Waals surface area contributed by atoms with Gasteiger partial charge in [-0.1, -0.05) is 54.6 Å². The predicted octanol–water partition coefficient (Wildman–Crippen LogP) is 2.60. The summed E-state index contributed by atoms with van der Waals surface area (Å²) in [6.07, 6.45) is 6.82. The highest BCUT2D eigenvalue weighted by atomic mass is 16.1. The van der Waals surface area contributed by atoms with Crippen molar-refractivity contribution in [2.75, 3.05) is 0 Å². The molecule has 1 amide bonds. The van der Waals surface area contributed by atoms with Crippen LogP contribution in [-0.2, 0) is 11.2 Å². The van der Waals surface area contributed by atoms with Crippen molar-refractivity contribution in [3.05, 3.63) is 102 Å². The Morgan fingerprint density at radius 3 is 2.32 bits per heavy atom. The number of hydrogen-bond acceptors (Lipinski definition) is 5. The summed E-state index contributed by atoms with van der Waals surface area (Å²) in [5.74, 6) is 0.0436. The van der Waals surface area contributed by atoms with Gasteiger partial charge in [-0.05, 0) is 34.9 Å². The average molecular weight is 371 g/mol. The molecular formula is C22H21N5O. The minimum Gasteiger partial charge on any atom is -0.398 e. The molecule has 0 aliphatic rings. The van der Waals surface area contributed by atoms with Crippen molar-refractivity contribution >= 4 is 11.6 Å². The van der Waals surface area contributed by atoms with Crippen molar-refractivity contribution in [2.45, 2.75) is 6.42 Å². The summed E-state index contributed by atoms with van der Waals surface area (Å²) in [5, 5.41) is 10.3. The van der Waals surface area contributed by atoms with Gasteiger partial charge in [-0.3, -0.25) is 4.79 Å². The molecule has 2 aromatic carbocycles. The molecule has 6 heteroatoms. The fourth-order valence-electron chi connectivity index (χ4n) is 2.62. The van der Waals surface area contributed by atoms with Crippen molar-refractivity contribution < 1.29 is 4.79 Å². The van der Waals surface area contributed by atoms with E-state index < -0.39 is 0 Å². The number of nitrogens with two attached hydrogens (primary N) is 2. The molecule has 0 saturated heterocycles. The van der Waals surface area contributed by atoms with Crippen molar-refractivity contribution in [1.82, 2.24) is 15.5 Å². The summed E-state index contributed by atoms with van der Waals surface area (Å²) in [4.78, 5) is 12.2. The number of nitrogens with zero attached hydrogens (tertiary/aromatic N) is 2. The number of amides is 1. The standard InChI is InChI=1S/C22H21N5O/c23-20(18-4-2-1-3-5-18)10-11-21(24)27-22(28)14-16-6-8-17(9-7-16)19-12-13-25-26-15-19/h1-13,15H,14,23-24H2,(H,27,28)/b20-10-,21-11+. The maximum absolute atomic E-state index is 12.2. The number of allylic oxidation sites excluding steroid dienone is 2. The summed E-state index contributed by atoms with van der Waals surface area (Å²) >= 11 is 0. The summed E-state index contributed by atoms with van der Waals surface area (Å²) < 4.78 is 0. The second-order valence-electron chi connectivity index (χ2n) is 6.16. The molecule has 0 aliphatic heterocycles. The van der Waals surface area contributed by atoms with Gasteiger partial charge in [0.05, 0.1) is 18.8 Å². The first-order chi connectivity index (χ1) is 13.6. The highest BCUT2D eigenvalue weighted by molar-refractivity contribution is 5.80. The van der Waals surface area contributed by atoms with Gasteiger partial charge >= 0.3 is 0 Å². The van der Waals surface area contributed by atoms with E-state index in [9.17, 15) is 4.79 Å². The quantitative estimate of drug-likeness (QED) is 0.578. The van der Waals surface area contributed by atoms with Gasteiger partial charge in [-0.2, -0.15) is 10.2 Å². The third kappa shape index (κ3) is 5.28. The first-order valence-corrected chi connectivity index (χ1v) is 8.76. The number of rotatable bonds is 6. The van der Waals surface area contributed by atoms with Crippen LogP contribution in [-0.4, -0.2) is 16.1 Å². The van der Waals surface area contributed by atoms with Gasteiger partial charge in [0.15, 0.2) is 0 Å². The lowest BCUT2D eigenvalue weighted by atomic mass is 10.0. The summed E-state index contributed by atoms with van der Waals surface area (Å²) in [6, 6.07) is 19.1. The molecule has 0 radical (unpaired) electrons. The van der Waals surface area contributed by atoms with Crippen LogP contribution in [0.25, 0.3) is 16.8 Å². The molecule has 3 aromatic rings. The highest BCUT2D eigenvalue weighted by Gasteiger charge is 2.05. The molecule has 0 bridgehead atoms. The third-order valence-corrected chi connectivity index (χ3v) is 4.07. The van der Waals surface area contributed by atoms with E-state index in [0.29, 0.717) is 5.70 Å². The molecule has 1 aromatic heterocycles. The number of nitrogens with one attached hydrogen (secondary N) is 1. The molecule has 3 rings (SSSR count).